The Morgan fingerprint density at radius 1 is 1.19 bits per heavy atom. The van der Waals surface area contributed by atoms with E-state index >= 15 is 0 Å². The van der Waals surface area contributed by atoms with E-state index in [0.717, 1.165) is 18.4 Å². The van der Waals surface area contributed by atoms with Gasteiger partial charge in [0.1, 0.15) is 22.9 Å². The molecule has 10 heteroatoms. The Labute approximate surface area is 213 Å². The number of hydrogen-bond acceptors (Lipinski definition) is 4. The van der Waals surface area contributed by atoms with E-state index in [1.54, 1.807) is 12.1 Å². The Bertz CT molecular complexity index is 1500. The number of hydrogen-bond donors (Lipinski definition) is 3. The normalized spacial score (nSPS) is 14.1. The molecule has 1 amide bonds. The molecule has 1 atom stereocenters. The molecule has 0 saturated heterocycles. The van der Waals surface area contributed by atoms with Gasteiger partial charge < -0.3 is 14.8 Å². The minimum Gasteiger partial charge on any atom is -0.506 e. The van der Waals surface area contributed by atoms with Gasteiger partial charge in [-0.05, 0) is 72.4 Å². The molecule has 1 fully saturated rings. The number of amides is 1. The van der Waals surface area contributed by atoms with Crippen LogP contribution in [0.1, 0.15) is 40.2 Å². The number of phenols is 1. The third kappa shape index (κ3) is 4.57. The van der Waals surface area contributed by atoms with Crippen LogP contribution in [0.5, 0.6) is 5.75 Å². The van der Waals surface area contributed by atoms with Crippen molar-refractivity contribution in [2.45, 2.75) is 25.3 Å². The van der Waals surface area contributed by atoms with E-state index in [9.17, 15) is 23.1 Å². The van der Waals surface area contributed by atoms with Crippen LogP contribution in [0.3, 0.4) is 0 Å². The van der Waals surface area contributed by atoms with E-state index in [1.807, 2.05) is 6.07 Å². The van der Waals surface area contributed by atoms with Crippen LogP contribution in [0.2, 0.25) is 5.02 Å². The van der Waals surface area contributed by atoms with Crippen molar-refractivity contribution >= 4 is 45.4 Å². The summed E-state index contributed by atoms with van der Waals surface area (Å²) >= 11 is 3.65. The molecule has 1 aliphatic rings. The summed E-state index contributed by atoms with van der Waals surface area (Å²) in [6, 6.07) is 13.7. The zero-order valence-corrected chi connectivity index (χ0v) is 20.7. The molecule has 0 radical (unpaired) electrons. The fourth-order valence-electron chi connectivity index (χ4n) is 4.28. The topological polar surface area (TPSA) is 103 Å². The Balaban J connectivity index is 1.68. The number of carbonyl (C=O) groups is 1. The van der Waals surface area contributed by atoms with Crippen molar-refractivity contribution in [3.8, 4) is 17.1 Å². The number of carbonyl (C=O) groups excluding carboxylic acids is 1. The highest BCUT2D eigenvalue weighted by Crippen LogP contribution is 2.48. The third-order valence-electron chi connectivity index (χ3n) is 6.21. The highest BCUT2D eigenvalue weighted by Gasteiger charge is 2.32. The molecule has 0 spiro atoms. The average molecular weight is 529 g/mol. The summed E-state index contributed by atoms with van der Waals surface area (Å²) in [5.41, 5.74) is 3.15. The maximum Gasteiger partial charge on any atom is 0.262 e. The van der Waals surface area contributed by atoms with Crippen LogP contribution >= 0.6 is 11.6 Å². The molecule has 186 valence electrons. The smallest absolute Gasteiger partial charge is 0.262 e. The van der Waals surface area contributed by atoms with Crippen LogP contribution in [0, 0.1) is 5.82 Å². The monoisotopic (exact) mass is 528 g/mol. The SMILES string of the molecule is CNC(=O)c1c(-c2ccc(F)cc2)oc2cc(N(Cc3ccc(O)c(Cl)c3)S(=O)O)c(C3CC3)cc12. The van der Waals surface area contributed by atoms with Gasteiger partial charge in [0.15, 0.2) is 0 Å². The number of anilines is 1. The highest BCUT2D eigenvalue weighted by molar-refractivity contribution is 7.80. The second kappa shape index (κ2) is 9.57. The standard InChI is InChI=1S/C26H22ClFN2O5S/c1-29-26(32)24-19-11-18(15-3-4-15)21(12-23(19)35-25(24)16-5-7-17(28)8-6-16)30(36(33)34)13-14-2-9-22(31)20(27)10-14/h2,5-12,15,31H,3-4,13H2,1H3,(H,29,32)(H,33,34). The van der Waals surface area contributed by atoms with Crippen LogP contribution in [0.4, 0.5) is 10.1 Å². The van der Waals surface area contributed by atoms with Crippen molar-refractivity contribution in [3.05, 3.63) is 82.1 Å². The zero-order chi connectivity index (χ0) is 25.6. The van der Waals surface area contributed by atoms with Crippen LogP contribution in [0.25, 0.3) is 22.3 Å². The number of nitrogens with one attached hydrogen (secondary N) is 1. The van der Waals surface area contributed by atoms with Gasteiger partial charge in [-0.15, -0.1) is 0 Å². The minimum atomic E-state index is -2.39. The summed E-state index contributed by atoms with van der Waals surface area (Å²) in [6.45, 7) is 0.0438. The van der Waals surface area contributed by atoms with Crippen molar-refractivity contribution in [1.82, 2.24) is 5.32 Å². The lowest BCUT2D eigenvalue weighted by atomic mass is 10.00. The summed E-state index contributed by atoms with van der Waals surface area (Å²) in [5, 5.41) is 13.1. The lowest BCUT2D eigenvalue weighted by Crippen LogP contribution is -2.25. The van der Waals surface area contributed by atoms with Crippen LogP contribution in [0.15, 0.2) is 59.0 Å². The van der Waals surface area contributed by atoms with E-state index < -0.39 is 17.1 Å². The second-order valence-corrected chi connectivity index (χ2v) is 9.94. The van der Waals surface area contributed by atoms with Crippen LogP contribution < -0.4 is 9.62 Å². The number of aromatic hydroxyl groups is 1. The molecular formula is C26H22ClFN2O5S. The first-order valence-corrected chi connectivity index (χ1v) is 12.7. The largest absolute Gasteiger partial charge is 0.506 e. The number of halogens is 2. The summed E-state index contributed by atoms with van der Waals surface area (Å²) < 4.78 is 43.7. The van der Waals surface area contributed by atoms with E-state index in [1.165, 1.54) is 47.8 Å². The summed E-state index contributed by atoms with van der Waals surface area (Å²) in [4.78, 5) is 12.9. The summed E-state index contributed by atoms with van der Waals surface area (Å²) in [6.07, 6.45) is 1.82. The molecule has 3 N–H and O–H groups in total. The van der Waals surface area contributed by atoms with Gasteiger partial charge in [0.25, 0.3) is 17.2 Å². The van der Waals surface area contributed by atoms with E-state index in [-0.39, 0.29) is 34.9 Å². The lowest BCUT2D eigenvalue weighted by Gasteiger charge is -2.23. The van der Waals surface area contributed by atoms with Crippen molar-refractivity contribution in [2.24, 2.45) is 0 Å². The van der Waals surface area contributed by atoms with Crippen LogP contribution in [-0.2, 0) is 17.8 Å². The fraction of sp³-hybridized carbons (Fsp3) is 0.192. The van der Waals surface area contributed by atoms with Gasteiger partial charge in [0.2, 0.25) is 0 Å². The van der Waals surface area contributed by atoms with E-state index in [2.05, 4.69) is 5.32 Å². The molecule has 1 heterocycles. The molecule has 1 aromatic heterocycles. The molecule has 7 nitrogen and oxygen atoms in total. The van der Waals surface area contributed by atoms with Crippen molar-refractivity contribution in [2.75, 3.05) is 11.4 Å². The molecule has 0 aliphatic heterocycles. The molecule has 1 aliphatic carbocycles. The third-order valence-corrected chi connectivity index (χ3v) is 7.22. The van der Waals surface area contributed by atoms with Gasteiger partial charge in [-0.25, -0.2) is 8.60 Å². The predicted molar refractivity (Wildman–Crippen MR) is 137 cm³/mol. The van der Waals surface area contributed by atoms with Crippen molar-refractivity contribution < 1.29 is 27.5 Å². The fourth-order valence-corrected chi connectivity index (χ4v) is 5.07. The van der Waals surface area contributed by atoms with Gasteiger partial charge in [0.05, 0.1) is 22.8 Å². The molecular weight excluding hydrogens is 507 g/mol. The Morgan fingerprint density at radius 2 is 1.92 bits per heavy atom. The van der Waals surface area contributed by atoms with Crippen molar-refractivity contribution in [1.29, 1.82) is 0 Å². The highest BCUT2D eigenvalue weighted by atomic mass is 35.5. The summed E-state index contributed by atoms with van der Waals surface area (Å²) in [5.74, 6) is -0.400. The number of furan rings is 1. The van der Waals surface area contributed by atoms with Gasteiger partial charge in [-0.3, -0.25) is 13.7 Å². The maximum absolute atomic E-state index is 13.5. The van der Waals surface area contributed by atoms with E-state index in [4.69, 9.17) is 16.0 Å². The maximum atomic E-state index is 13.5. The van der Waals surface area contributed by atoms with Gasteiger partial charge in [0, 0.05) is 24.1 Å². The molecule has 36 heavy (non-hydrogen) atoms. The quantitative estimate of drug-likeness (QED) is 0.256. The Hall–Kier alpha value is -3.40. The molecule has 5 rings (SSSR count). The number of benzene rings is 3. The first-order chi connectivity index (χ1) is 17.3. The molecule has 1 unspecified atom stereocenters. The minimum absolute atomic E-state index is 0.0438. The molecule has 1 saturated carbocycles. The zero-order valence-electron chi connectivity index (χ0n) is 19.1. The predicted octanol–water partition coefficient (Wildman–Crippen LogP) is 5.98. The first-order valence-electron chi connectivity index (χ1n) is 11.2. The first kappa shape index (κ1) is 24.3. The second-order valence-electron chi connectivity index (χ2n) is 8.63. The number of nitrogens with zero attached hydrogens (tertiary/aromatic N) is 1. The molecule has 4 aromatic rings. The van der Waals surface area contributed by atoms with Gasteiger partial charge >= 0.3 is 0 Å². The van der Waals surface area contributed by atoms with E-state index in [0.29, 0.717) is 33.3 Å². The Morgan fingerprint density at radius 3 is 2.53 bits per heavy atom. The number of fused-ring (bicyclic) bond motifs is 1. The molecule has 0 bridgehead atoms. The lowest BCUT2D eigenvalue weighted by molar-refractivity contribution is 0.0964. The average Bonchev–Trinajstić information content (AvgIpc) is 3.64. The summed E-state index contributed by atoms with van der Waals surface area (Å²) in [7, 11) is 1.52. The van der Waals surface area contributed by atoms with Gasteiger partial charge in [-0.2, -0.15) is 0 Å². The Kier molecular flexibility index (Phi) is 6.46. The van der Waals surface area contributed by atoms with Crippen molar-refractivity contribution in [3.63, 3.8) is 0 Å². The van der Waals surface area contributed by atoms with Crippen LogP contribution in [-0.4, -0.2) is 26.8 Å². The number of rotatable bonds is 7. The van der Waals surface area contributed by atoms with Gasteiger partial charge in [-0.1, -0.05) is 17.7 Å². The molecule has 3 aromatic carbocycles. The number of phenolic OH excluding ortho intramolecular Hbond substituents is 1.